The van der Waals surface area contributed by atoms with Gasteiger partial charge in [-0.1, -0.05) is 12.1 Å². The highest BCUT2D eigenvalue weighted by Gasteiger charge is 2.19. The summed E-state index contributed by atoms with van der Waals surface area (Å²) in [4.78, 5) is 17.7. The summed E-state index contributed by atoms with van der Waals surface area (Å²) in [6, 6.07) is 9.24. The van der Waals surface area contributed by atoms with Crippen LogP contribution >= 0.6 is 0 Å². The van der Waals surface area contributed by atoms with Crippen LogP contribution in [-0.2, 0) is 6.54 Å². The number of hydrogen-bond donors (Lipinski definition) is 2. The number of H-pyrrole nitrogens is 1. The Morgan fingerprint density at radius 3 is 2.67 bits per heavy atom. The van der Waals surface area contributed by atoms with Crippen LogP contribution in [0.5, 0.6) is 0 Å². The minimum absolute atomic E-state index is 0.153. The minimum atomic E-state index is 0.153. The van der Waals surface area contributed by atoms with Gasteiger partial charge in [0.1, 0.15) is 0 Å². The maximum absolute atomic E-state index is 12.0. The molecule has 1 saturated heterocycles. The van der Waals surface area contributed by atoms with Crippen molar-refractivity contribution >= 4 is 5.69 Å². The van der Waals surface area contributed by atoms with Crippen LogP contribution in [0.15, 0.2) is 35.3 Å². The summed E-state index contributed by atoms with van der Waals surface area (Å²) < 4.78 is 0. The molecule has 2 heterocycles. The first-order valence-corrected chi connectivity index (χ1v) is 8.77. The topological polar surface area (TPSA) is 48.1 Å². The third-order valence-corrected chi connectivity index (χ3v) is 5.04. The summed E-state index contributed by atoms with van der Waals surface area (Å²) in [7, 11) is 0. The second-order valence-corrected chi connectivity index (χ2v) is 6.89. The quantitative estimate of drug-likeness (QED) is 0.908. The van der Waals surface area contributed by atoms with Gasteiger partial charge in [0.15, 0.2) is 5.43 Å². The fraction of sp³-hybridized carbons (Fsp3) is 0.450. The molecule has 1 aliphatic heterocycles. The van der Waals surface area contributed by atoms with E-state index in [1.165, 1.54) is 11.3 Å². The van der Waals surface area contributed by atoms with Gasteiger partial charge in [0.2, 0.25) is 0 Å². The monoisotopic (exact) mass is 325 g/mol. The maximum Gasteiger partial charge on any atom is 0.187 e. The van der Waals surface area contributed by atoms with Crippen LogP contribution in [0.3, 0.4) is 0 Å². The Kier molecular flexibility index (Phi) is 5.05. The summed E-state index contributed by atoms with van der Waals surface area (Å²) in [5, 5.41) is 3.61. The first kappa shape index (κ1) is 16.8. The molecule has 0 spiro atoms. The Balaban J connectivity index is 1.54. The van der Waals surface area contributed by atoms with Crippen molar-refractivity contribution < 1.29 is 0 Å². The molecule has 1 aromatic heterocycles. The summed E-state index contributed by atoms with van der Waals surface area (Å²) in [5.41, 5.74) is 5.41. The van der Waals surface area contributed by atoms with Crippen molar-refractivity contribution in [3.05, 3.63) is 63.1 Å². The molecule has 128 valence electrons. The molecule has 2 N–H and O–H groups in total. The van der Waals surface area contributed by atoms with Crippen molar-refractivity contribution in [3.8, 4) is 0 Å². The molecule has 2 aromatic rings. The fourth-order valence-electron chi connectivity index (χ4n) is 3.40. The number of piperidine rings is 1. The van der Waals surface area contributed by atoms with Crippen LogP contribution in [0, 0.1) is 20.8 Å². The van der Waals surface area contributed by atoms with Gasteiger partial charge in [0.05, 0.1) is 0 Å². The zero-order valence-electron chi connectivity index (χ0n) is 14.9. The van der Waals surface area contributed by atoms with Gasteiger partial charge in [-0.3, -0.25) is 4.79 Å². The van der Waals surface area contributed by atoms with Crippen molar-refractivity contribution in [2.24, 2.45) is 0 Å². The SMILES string of the molecule is Cc1cccc(N2CCC(NCc3[nH]cc(C)c(=O)c3C)CC2)c1. The molecule has 4 heteroatoms. The molecule has 3 rings (SSSR count). The normalized spacial score (nSPS) is 15.7. The maximum atomic E-state index is 12.0. The second-order valence-electron chi connectivity index (χ2n) is 6.89. The molecular weight excluding hydrogens is 298 g/mol. The minimum Gasteiger partial charge on any atom is -0.371 e. The lowest BCUT2D eigenvalue weighted by molar-refractivity contribution is 0.411. The van der Waals surface area contributed by atoms with Gasteiger partial charge < -0.3 is 15.2 Å². The van der Waals surface area contributed by atoms with Crippen LogP contribution in [0.1, 0.15) is 35.2 Å². The lowest BCUT2D eigenvalue weighted by Crippen LogP contribution is -2.42. The van der Waals surface area contributed by atoms with Gasteiger partial charge in [-0.05, 0) is 51.3 Å². The molecule has 24 heavy (non-hydrogen) atoms. The number of aromatic amines is 1. The predicted molar refractivity (Wildman–Crippen MR) is 99.8 cm³/mol. The van der Waals surface area contributed by atoms with E-state index in [1.807, 2.05) is 20.0 Å². The van der Waals surface area contributed by atoms with Crippen molar-refractivity contribution in [2.45, 2.75) is 46.2 Å². The Hall–Kier alpha value is -2.07. The smallest absolute Gasteiger partial charge is 0.187 e. The Morgan fingerprint density at radius 2 is 1.96 bits per heavy atom. The Morgan fingerprint density at radius 1 is 1.21 bits per heavy atom. The van der Waals surface area contributed by atoms with Crippen molar-refractivity contribution in [3.63, 3.8) is 0 Å². The standard InChI is InChI=1S/C20H27N3O/c1-14-5-4-6-18(11-14)23-9-7-17(8-10-23)21-13-19-16(3)20(24)15(2)12-22-19/h4-6,11-12,17,21H,7-10,13H2,1-3H3,(H,22,24). The van der Waals surface area contributed by atoms with Gasteiger partial charge in [-0.25, -0.2) is 0 Å². The molecule has 0 saturated carbocycles. The summed E-state index contributed by atoms with van der Waals surface area (Å²) in [6.07, 6.45) is 4.07. The predicted octanol–water partition coefficient (Wildman–Crippen LogP) is 3.06. The molecule has 0 unspecified atom stereocenters. The third kappa shape index (κ3) is 3.70. The number of benzene rings is 1. The zero-order chi connectivity index (χ0) is 17.1. The average Bonchev–Trinajstić information content (AvgIpc) is 2.60. The number of nitrogens with zero attached hydrogens (tertiary/aromatic N) is 1. The van der Waals surface area contributed by atoms with Crippen LogP contribution in [0.25, 0.3) is 0 Å². The molecule has 0 bridgehead atoms. The van der Waals surface area contributed by atoms with Gasteiger partial charge >= 0.3 is 0 Å². The van der Waals surface area contributed by atoms with E-state index in [-0.39, 0.29) is 5.43 Å². The van der Waals surface area contributed by atoms with Crippen LogP contribution in [0.2, 0.25) is 0 Å². The molecule has 0 amide bonds. The van der Waals surface area contributed by atoms with E-state index >= 15 is 0 Å². The molecule has 0 radical (unpaired) electrons. The largest absolute Gasteiger partial charge is 0.371 e. The number of nitrogens with one attached hydrogen (secondary N) is 2. The van der Waals surface area contributed by atoms with Crippen molar-refractivity contribution in [1.29, 1.82) is 0 Å². The lowest BCUT2D eigenvalue weighted by Gasteiger charge is -2.34. The van der Waals surface area contributed by atoms with E-state index in [2.05, 4.69) is 46.4 Å². The van der Waals surface area contributed by atoms with E-state index in [0.29, 0.717) is 6.04 Å². The molecule has 4 nitrogen and oxygen atoms in total. The van der Waals surface area contributed by atoms with E-state index in [4.69, 9.17) is 0 Å². The van der Waals surface area contributed by atoms with Crippen molar-refractivity contribution in [1.82, 2.24) is 10.3 Å². The summed E-state index contributed by atoms with van der Waals surface area (Å²) in [6.45, 7) is 8.78. The number of hydrogen-bond acceptors (Lipinski definition) is 3. The van der Waals surface area contributed by atoms with Gasteiger partial charge in [-0.2, -0.15) is 0 Å². The van der Waals surface area contributed by atoms with Crippen LogP contribution in [0.4, 0.5) is 5.69 Å². The highest BCUT2D eigenvalue weighted by atomic mass is 16.1. The van der Waals surface area contributed by atoms with Crippen LogP contribution in [-0.4, -0.2) is 24.1 Å². The Labute approximate surface area is 143 Å². The molecule has 1 aromatic carbocycles. The molecule has 1 fully saturated rings. The summed E-state index contributed by atoms with van der Waals surface area (Å²) in [5.74, 6) is 0. The fourth-order valence-corrected chi connectivity index (χ4v) is 3.40. The number of aromatic nitrogens is 1. The van der Waals surface area contributed by atoms with E-state index in [1.54, 1.807) is 0 Å². The number of pyridine rings is 1. The van der Waals surface area contributed by atoms with Gasteiger partial charge in [-0.15, -0.1) is 0 Å². The van der Waals surface area contributed by atoms with Gasteiger partial charge in [0, 0.05) is 54.4 Å². The lowest BCUT2D eigenvalue weighted by atomic mass is 10.0. The van der Waals surface area contributed by atoms with Gasteiger partial charge in [0.25, 0.3) is 0 Å². The summed E-state index contributed by atoms with van der Waals surface area (Å²) >= 11 is 0. The average molecular weight is 325 g/mol. The molecule has 0 aliphatic carbocycles. The van der Waals surface area contributed by atoms with E-state index < -0.39 is 0 Å². The number of aryl methyl sites for hydroxylation is 2. The van der Waals surface area contributed by atoms with E-state index in [9.17, 15) is 4.79 Å². The zero-order valence-corrected chi connectivity index (χ0v) is 14.9. The highest BCUT2D eigenvalue weighted by molar-refractivity contribution is 5.48. The third-order valence-electron chi connectivity index (χ3n) is 5.04. The molecule has 1 aliphatic rings. The van der Waals surface area contributed by atoms with E-state index in [0.717, 1.165) is 49.3 Å². The first-order valence-electron chi connectivity index (χ1n) is 8.77. The van der Waals surface area contributed by atoms with Crippen molar-refractivity contribution in [2.75, 3.05) is 18.0 Å². The van der Waals surface area contributed by atoms with Crippen LogP contribution < -0.4 is 15.6 Å². The highest BCUT2D eigenvalue weighted by Crippen LogP contribution is 2.21. The molecule has 0 atom stereocenters. The Bertz CT molecular complexity index is 758. The first-order chi connectivity index (χ1) is 11.5. The second kappa shape index (κ2) is 7.22. The molecular formula is C20H27N3O. The number of rotatable bonds is 4. The number of anilines is 1.